The number of hydrogen-bond donors (Lipinski definition) is 2. The molecule has 1 aromatic heterocycles. The first-order valence-electron chi connectivity index (χ1n) is 8.06. The van der Waals surface area contributed by atoms with E-state index in [1.165, 1.54) is 11.8 Å². The number of imidazole rings is 1. The lowest BCUT2D eigenvalue weighted by Gasteiger charge is -2.06. The maximum Gasteiger partial charge on any atom is 0.170 e. The van der Waals surface area contributed by atoms with Gasteiger partial charge in [-0.15, -0.1) is 0 Å². The average Bonchev–Trinajstić information content (AvgIpc) is 3.12. The van der Waals surface area contributed by atoms with Gasteiger partial charge >= 0.3 is 0 Å². The minimum Gasteiger partial charge on any atom is -0.497 e. The number of rotatable bonds is 7. The highest BCUT2D eigenvalue weighted by atomic mass is 32.2. The fraction of sp³-hybridized carbons (Fsp3) is 0.150. The van der Waals surface area contributed by atoms with Gasteiger partial charge in [0.2, 0.25) is 0 Å². The molecule has 0 aliphatic rings. The van der Waals surface area contributed by atoms with Crippen molar-refractivity contribution in [2.24, 2.45) is 0 Å². The van der Waals surface area contributed by atoms with Crippen LogP contribution in [-0.4, -0.2) is 35.9 Å². The van der Waals surface area contributed by atoms with E-state index < -0.39 is 0 Å². The molecule has 0 amide bonds. The molecule has 3 aromatic rings. The van der Waals surface area contributed by atoms with E-state index >= 15 is 0 Å². The second kappa shape index (κ2) is 8.60. The van der Waals surface area contributed by atoms with Crippen molar-refractivity contribution in [1.82, 2.24) is 9.97 Å². The van der Waals surface area contributed by atoms with Gasteiger partial charge < -0.3 is 19.6 Å². The van der Waals surface area contributed by atoms with E-state index in [1.54, 1.807) is 20.3 Å². The molecule has 3 rings (SSSR count). The maximum atomic E-state index is 8.90. The lowest BCUT2D eigenvalue weighted by molar-refractivity contribution is 0.343. The number of thioether (sulfide) groups is 1. The largest absolute Gasteiger partial charge is 0.497 e. The summed E-state index contributed by atoms with van der Waals surface area (Å²) in [7, 11) is 3.30. The molecule has 0 aliphatic carbocycles. The summed E-state index contributed by atoms with van der Waals surface area (Å²) in [5.41, 5.74) is 3.79. The molecule has 0 atom stereocenters. The fourth-order valence-corrected chi connectivity index (χ4v) is 3.10. The molecule has 0 saturated carbocycles. The third kappa shape index (κ3) is 4.09. The Morgan fingerprint density at radius 3 is 2.08 bits per heavy atom. The van der Waals surface area contributed by atoms with E-state index in [0.717, 1.165) is 39.2 Å². The van der Waals surface area contributed by atoms with E-state index in [9.17, 15) is 0 Å². The molecule has 2 aromatic carbocycles. The van der Waals surface area contributed by atoms with E-state index in [0.29, 0.717) is 0 Å². The summed E-state index contributed by atoms with van der Waals surface area (Å²) in [6.45, 7) is 0.00435. The molecule has 0 saturated heterocycles. The minimum absolute atomic E-state index is 0.00435. The molecule has 6 heteroatoms. The van der Waals surface area contributed by atoms with Crippen molar-refractivity contribution < 1.29 is 14.6 Å². The van der Waals surface area contributed by atoms with Crippen LogP contribution in [0.25, 0.3) is 22.5 Å². The molecular formula is C20H20N2O3S. The van der Waals surface area contributed by atoms with Crippen molar-refractivity contribution in [3.05, 3.63) is 60.0 Å². The number of methoxy groups -OCH3 is 2. The molecule has 0 aliphatic heterocycles. The smallest absolute Gasteiger partial charge is 0.170 e. The Morgan fingerprint density at radius 2 is 1.54 bits per heavy atom. The summed E-state index contributed by atoms with van der Waals surface area (Å²) in [5, 5.41) is 11.5. The summed E-state index contributed by atoms with van der Waals surface area (Å²) in [5.74, 6) is 1.61. The SMILES string of the molecule is COc1ccc(-c2nc(S/C=C\CO)[nH]c2-c2ccc(OC)cc2)cc1. The molecule has 1 heterocycles. The van der Waals surface area contributed by atoms with Crippen LogP contribution in [0.5, 0.6) is 11.5 Å². The van der Waals surface area contributed by atoms with Gasteiger partial charge in [-0.1, -0.05) is 17.8 Å². The van der Waals surface area contributed by atoms with Crippen LogP contribution in [0, 0.1) is 0 Å². The predicted molar refractivity (Wildman–Crippen MR) is 105 cm³/mol. The summed E-state index contributed by atoms with van der Waals surface area (Å²) < 4.78 is 10.5. The normalized spacial score (nSPS) is 11.0. The summed E-state index contributed by atoms with van der Waals surface area (Å²) in [4.78, 5) is 8.10. The van der Waals surface area contributed by atoms with Crippen molar-refractivity contribution >= 4 is 11.8 Å². The highest BCUT2D eigenvalue weighted by molar-refractivity contribution is 8.02. The molecule has 0 radical (unpaired) electrons. The zero-order valence-electron chi connectivity index (χ0n) is 14.6. The van der Waals surface area contributed by atoms with Crippen LogP contribution < -0.4 is 9.47 Å². The van der Waals surface area contributed by atoms with Gasteiger partial charge in [0.15, 0.2) is 5.16 Å². The maximum absolute atomic E-state index is 8.90. The molecule has 0 bridgehead atoms. The van der Waals surface area contributed by atoms with E-state index in [1.807, 2.05) is 53.9 Å². The summed E-state index contributed by atoms with van der Waals surface area (Å²) in [6.07, 6.45) is 1.67. The lowest BCUT2D eigenvalue weighted by Crippen LogP contribution is -1.87. The van der Waals surface area contributed by atoms with Gasteiger partial charge in [0.05, 0.1) is 32.2 Å². The molecule has 134 valence electrons. The second-order valence-electron chi connectivity index (χ2n) is 5.39. The molecule has 0 unspecified atom stereocenters. The molecule has 0 fully saturated rings. The number of hydrogen-bond acceptors (Lipinski definition) is 5. The van der Waals surface area contributed by atoms with E-state index in [-0.39, 0.29) is 6.61 Å². The molecular weight excluding hydrogens is 348 g/mol. The highest BCUT2D eigenvalue weighted by Gasteiger charge is 2.14. The number of H-pyrrole nitrogens is 1. The predicted octanol–water partition coefficient (Wildman–Crippen LogP) is 4.36. The fourth-order valence-electron chi connectivity index (χ4n) is 2.49. The number of aliphatic hydroxyl groups is 1. The number of nitrogens with zero attached hydrogens (tertiary/aromatic N) is 1. The van der Waals surface area contributed by atoms with Gasteiger partial charge in [-0.2, -0.15) is 0 Å². The van der Waals surface area contributed by atoms with Crippen LogP contribution in [0.1, 0.15) is 0 Å². The van der Waals surface area contributed by atoms with Crippen LogP contribution >= 0.6 is 11.8 Å². The third-order valence-electron chi connectivity index (χ3n) is 3.81. The Kier molecular flexibility index (Phi) is 5.99. The van der Waals surface area contributed by atoms with Gasteiger partial charge in [0, 0.05) is 11.1 Å². The van der Waals surface area contributed by atoms with Crippen LogP contribution in [0.3, 0.4) is 0 Å². The lowest BCUT2D eigenvalue weighted by atomic mass is 10.0. The monoisotopic (exact) mass is 368 g/mol. The number of nitrogens with one attached hydrogen (secondary N) is 1. The van der Waals surface area contributed by atoms with Gasteiger partial charge in [-0.05, 0) is 53.9 Å². The molecule has 26 heavy (non-hydrogen) atoms. The van der Waals surface area contributed by atoms with Crippen molar-refractivity contribution in [2.75, 3.05) is 20.8 Å². The zero-order chi connectivity index (χ0) is 18.4. The molecule has 2 N–H and O–H groups in total. The van der Waals surface area contributed by atoms with Gasteiger partial charge in [-0.25, -0.2) is 4.98 Å². The van der Waals surface area contributed by atoms with Crippen molar-refractivity contribution in [3.8, 4) is 34.0 Å². The van der Waals surface area contributed by atoms with Gasteiger partial charge in [-0.3, -0.25) is 0 Å². The van der Waals surface area contributed by atoms with Crippen LogP contribution in [0.4, 0.5) is 0 Å². The zero-order valence-corrected chi connectivity index (χ0v) is 15.4. The molecule has 0 spiro atoms. The van der Waals surface area contributed by atoms with Crippen LogP contribution in [-0.2, 0) is 0 Å². The topological polar surface area (TPSA) is 67.4 Å². The van der Waals surface area contributed by atoms with Crippen molar-refractivity contribution in [3.63, 3.8) is 0 Å². The minimum atomic E-state index is 0.00435. The summed E-state index contributed by atoms with van der Waals surface area (Å²) in [6, 6.07) is 15.6. The van der Waals surface area contributed by atoms with Crippen LogP contribution in [0.15, 0.2) is 65.2 Å². The van der Waals surface area contributed by atoms with E-state index in [4.69, 9.17) is 19.6 Å². The van der Waals surface area contributed by atoms with Crippen molar-refractivity contribution in [2.45, 2.75) is 5.16 Å². The van der Waals surface area contributed by atoms with Crippen LogP contribution in [0.2, 0.25) is 0 Å². The van der Waals surface area contributed by atoms with E-state index in [2.05, 4.69) is 4.98 Å². The summed E-state index contributed by atoms with van der Waals surface area (Å²) >= 11 is 1.43. The number of aromatic nitrogens is 2. The van der Waals surface area contributed by atoms with Gasteiger partial charge in [0.1, 0.15) is 11.5 Å². The number of ether oxygens (including phenoxy) is 2. The number of aromatic amines is 1. The number of benzene rings is 2. The quantitative estimate of drug-likeness (QED) is 0.607. The Balaban J connectivity index is 2.02. The Bertz CT molecular complexity index is 806. The third-order valence-corrected chi connectivity index (χ3v) is 4.55. The van der Waals surface area contributed by atoms with Crippen molar-refractivity contribution in [1.29, 1.82) is 0 Å². The first kappa shape index (κ1) is 18.1. The molecule has 5 nitrogen and oxygen atoms in total. The Morgan fingerprint density at radius 1 is 0.962 bits per heavy atom. The Labute approximate surface area is 156 Å². The van der Waals surface area contributed by atoms with Gasteiger partial charge in [0.25, 0.3) is 0 Å². The second-order valence-corrected chi connectivity index (χ2v) is 6.29. The Hall–Kier alpha value is -2.70. The first-order valence-corrected chi connectivity index (χ1v) is 8.94. The first-order chi connectivity index (χ1) is 12.7. The average molecular weight is 368 g/mol. The standard InChI is InChI=1S/C20H20N2O3S/c1-24-16-8-4-14(5-9-16)18-19(15-6-10-17(25-2)11-7-15)22-20(21-18)26-13-3-12-23/h3-11,13,23H,12H2,1-2H3,(H,21,22)/b13-3-. The highest BCUT2D eigenvalue weighted by Crippen LogP contribution is 2.34. The number of aliphatic hydroxyl groups excluding tert-OH is 1.